The second-order valence-corrected chi connectivity index (χ2v) is 5.41. The third kappa shape index (κ3) is 3.35. The molecule has 0 unspecified atom stereocenters. The van der Waals surface area contributed by atoms with E-state index < -0.39 is 5.63 Å². The number of fused-ring (bicyclic) bond motifs is 1. The molecule has 0 aliphatic rings. The molecule has 0 aliphatic heterocycles. The Balaban J connectivity index is 2.56. The van der Waals surface area contributed by atoms with Gasteiger partial charge in [-0.25, -0.2) is 4.79 Å². The molecule has 0 saturated carbocycles. The van der Waals surface area contributed by atoms with Crippen molar-refractivity contribution in [3.63, 3.8) is 0 Å². The summed E-state index contributed by atoms with van der Waals surface area (Å²) in [4.78, 5) is 25.9. The van der Waals surface area contributed by atoms with Crippen LogP contribution < -0.4 is 15.1 Å². The van der Waals surface area contributed by atoms with Crippen LogP contribution >= 0.6 is 0 Å². The Kier molecular flexibility index (Phi) is 5.46. The summed E-state index contributed by atoms with van der Waals surface area (Å²) < 4.78 is 15.9. The molecule has 0 aliphatic carbocycles. The first kappa shape index (κ1) is 17.8. The van der Waals surface area contributed by atoms with E-state index in [2.05, 4.69) is 0 Å². The quantitative estimate of drug-likeness (QED) is 0.796. The smallest absolute Gasteiger partial charge is 0.340 e. The molecule has 0 spiro atoms. The fourth-order valence-electron chi connectivity index (χ4n) is 2.53. The second kappa shape index (κ2) is 7.35. The number of methoxy groups -OCH3 is 2. The molecule has 1 aromatic heterocycles. The number of hydrogen-bond acceptors (Lipinski definition) is 6. The summed E-state index contributed by atoms with van der Waals surface area (Å²) in [6.07, 6.45) is -0.101. The summed E-state index contributed by atoms with van der Waals surface area (Å²) in [6.45, 7) is 1.82. The standard InChI is InChI=1S/C17H21NO6/c1-10-12(9-15(20)18(2)5-6-19)17(21)24-14-8-11(22-3)7-13(23-4)16(10)14/h7-8,19H,5-6,9H2,1-4H3. The lowest BCUT2D eigenvalue weighted by Crippen LogP contribution is -2.32. The Morgan fingerprint density at radius 2 is 2.00 bits per heavy atom. The van der Waals surface area contributed by atoms with E-state index in [-0.39, 0.29) is 31.0 Å². The van der Waals surface area contributed by atoms with Gasteiger partial charge in [0.2, 0.25) is 5.91 Å². The molecule has 24 heavy (non-hydrogen) atoms. The highest BCUT2D eigenvalue weighted by molar-refractivity contribution is 5.90. The van der Waals surface area contributed by atoms with Crippen molar-refractivity contribution < 1.29 is 23.8 Å². The molecule has 130 valence electrons. The Labute approximate surface area is 139 Å². The van der Waals surface area contributed by atoms with Gasteiger partial charge in [0.05, 0.1) is 38.2 Å². The van der Waals surface area contributed by atoms with E-state index in [1.165, 1.54) is 19.1 Å². The number of carbonyl (C=O) groups is 1. The zero-order valence-electron chi connectivity index (χ0n) is 14.2. The van der Waals surface area contributed by atoms with Gasteiger partial charge < -0.3 is 23.9 Å². The van der Waals surface area contributed by atoms with Crippen LogP contribution in [0.15, 0.2) is 21.3 Å². The van der Waals surface area contributed by atoms with Gasteiger partial charge in [0.25, 0.3) is 0 Å². The van der Waals surface area contributed by atoms with Gasteiger partial charge in [0, 0.05) is 25.7 Å². The van der Waals surface area contributed by atoms with E-state index in [1.807, 2.05) is 0 Å². The highest BCUT2D eigenvalue weighted by Gasteiger charge is 2.20. The van der Waals surface area contributed by atoms with Crippen LogP contribution in [-0.4, -0.2) is 50.3 Å². The predicted molar refractivity (Wildman–Crippen MR) is 88.8 cm³/mol. The number of aryl methyl sites for hydroxylation is 1. The van der Waals surface area contributed by atoms with Crippen molar-refractivity contribution in [3.8, 4) is 11.5 Å². The molecule has 7 nitrogen and oxygen atoms in total. The third-order valence-corrected chi connectivity index (χ3v) is 3.96. The molecule has 1 amide bonds. The van der Waals surface area contributed by atoms with Crippen LogP contribution in [0.5, 0.6) is 11.5 Å². The largest absolute Gasteiger partial charge is 0.496 e. The maximum Gasteiger partial charge on any atom is 0.340 e. The van der Waals surface area contributed by atoms with Crippen molar-refractivity contribution in [1.29, 1.82) is 0 Å². The predicted octanol–water partition coefficient (Wildman–Crippen LogP) is 1.11. The van der Waals surface area contributed by atoms with E-state index in [1.54, 1.807) is 26.1 Å². The van der Waals surface area contributed by atoms with E-state index >= 15 is 0 Å². The molecule has 2 rings (SSSR count). The molecule has 0 bridgehead atoms. The lowest BCUT2D eigenvalue weighted by atomic mass is 10.0. The van der Waals surface area contributed by atoms with Crippen LogP contribution in [0.25, 0.3) is 11.0 Å². The minimum absolute atomic E-state index is 0.101. The lowest BCUT2D eigenvalue weighted by Gasteiger charge is -2.17. The minimum Gasteiger partial charge on any atom is -0.496 e. The summed E-state index contributed by atoms with van der Waals surface area (Å²) >= 11 is 0. The molecule has 1 N–H and O–H groups in total. The molecule has 0 fully saturated rings. The van der Waals surface area contributed by atoms with Crippen LogP contribution in [0.1, 0.15) is 11.1 Å². The molecule has 0 saturated heterocycles. The highest BCUT2D eigenvalue weighted by Crippen LogP contribution is 2.33. The van der Waals surface area contributed by atoms with E-state index in [0.29, 0.717) is 28.0 Å². The molecule has 1 aromatic carbocycles. The topological polar surface area (TPSA) is 89.2 Å². The van der Waals surface area contributed by atoms with Gasteiger partial charge in [-0.15, -0.1) is 0 Å². The SMILES string of the molecule is COc1cc(OC)c2c(C)c(CC(=O)N(C)CCO)c(=O)oc2c1. The number of carbonyl (C=O) groups excluding carboxylic acids is 1. The van der Waals surface area contributed by atoms with Crippen molar-refractivity contribution in [2.75, 3.05) is 34.4 Å². The van der Waals surface area contributed by atoms with E-state index in [0.717, 1.165) is 0 Å². The van der Waals surface area contributed by atoms with E-state index in [4.69, 9.17) is 19.0 Å². The van der Waals surface area contributed by atoms with Gasteiger partial charge in [-0.1, -0.05) is 0 Å². The van der Waals surface area contributed by atoms with Crippen LogP contribution in [0.4, 0.5) is 0 Å². The first-order valence-electron chi connectivity index (χ1n) is 7.46. The van der Waals surface area contributed by atoms with Crippen molar-refractivity contribution >= 4 is 16.9 Å². The lowest BCUT2D eigenvalue weighted by molar-refractivity contribution is -0.129. The fourth-order valence-corrected chi connectivity index (χ4v) is 2.53. The summed E-state index contributed by atoms with van der Waals surface area (Å²) in [5, 5.41) is 9.55. The van der Waals surface area contributed by atoms with Gasteiger partial charge in [-0.3, -0.25) is 4.79 Å². The molecule has 0 atom stereocenters. The number of aliphatic hydroxyl groups is 1. The molecule has 1 heterocycles. The van der Waals surface area contributed by atoms with Crippen LogP contribution in [0.3, 0.4) is 0 Å². The number of hydrogen-bond donors (Lipinski definition) is 1. The number of aliphatic hydroxyl groups excluding tert-OH is 1. The summed E-state index contributed by atoms with van der Waals surface area (Å²) in [7, 11) is 4.59. The first-order valence-corrected chi connectivity index (χ1v) is 7.46. The molecular weight excluding hydrogens is 314 g/mol. The highest BCUT2D eigenvalue weighted by atomic mass is 16.5. The summed E-state index contributed by atoms with van der Waals surface area (Å²) in [5.41, 5.74) is 0.682. The minimum atomic E-state index is -0.568. The number of ether oxygens (including phenoxy) is 2. The maximum absolute atomic E-state index is 12.3. The summed E-state index contributed by atoms with van der Waals surface area (Å²) in [5.74, 6) is 0.739. The summed E-state index contributed by atoms with van der Waals surface area (Å²) in [6, 6.07) is 3.30. The van der Waals surface area contributed by atoms with Crippen LogP contribution in [0, 0.1) is 6.92 Å². The number of benzene rings is 1. The molecule has 2 aromatic rings. The zero-order chi connectivity index (χ0) is 17.9. The zero-order valence-corrected chi connectivity index (χ0v) is 14.2. The Morgan fingerprint density at radius 1 is 1.29 bits per heavy atom. The van der Waals surface area contributed by atoms with Gasteiger partial charge in [-0.2, -0.15) is 0 Å². The van der Waals surface area contributed by atoms with Crippen molar-refractivity contribution in [3.05, 3.63) is 33.7 Å². The van der Waals surface area contributed by atoms with Gasteiger partial charge in [-0.05, 0) is 12.5 Å². The maximum atomic E-state index is 12.3. The van der Waals surface area contributed by atoms with Crippen LogP contribution in [0.2, 0.25) is 0 Å². The number of rotatable bonds is 6. The molecule has 0 radical (unpaired) electrons. The first-order chi connectivity index (χ1) is 11.4. The van der Waals surface area contributed by atoms with Gasteiger partial charge in [0.15, 0.2) is 0 Å². The second-order valence-electron chi connectivity index (χ2n) is 5.41. The Bertz CT molecular complexity index is 811. The Morgan fingerprint density at radius 3 is 2.58 bits per heavy atom. The van der Waals surface area contributed by atoms with Crippen LogP contribution in [-0.2, 0) is 11.2 Å². The van der Waals surface area contributed by atoms with Crippen molar-refractivity contribution in [2.24, 2.45) is 0 Å². The van der Waals surface area contributed by atoms with Crippen molar-refractivity contribution in [2.45, 2.75) is 13.3 Å². The monoisotopic (exact) mass is 335 g/mol. The number of amides is 1. The average Bonchev–Trinajstić information content (AvgIpc) is 2.57. The molecular formula is C17H21NO6. The normalized spacial score (nSPS) is 10.7. The van der Waals surface area contributed by atoms with E-state index in [9.17, 15) is 9.59 Å². The number of nitrogens with zero attached hydrogens (tertiary/aromatic N) is 1. The fraction of sp³-hybridized carbons (Fsp3) is 0.412. The van der Waals surface area contributed by atoms with Crippen molar-refractivity contribution in [1.82, 2.24) is 4.90 Å². The number of likely N-dealkylation sites (N-methyl/N-ethyl adjacent to an activating group) is 1. The molecule has 7 heteroatoms. The van der Waals surface area contributed by atoms with Gasteiger partial charge in [0.1, 0.15) is 17.1 Å². The average molecular weight is 335 g/mol. The third-order valence-electron chi connectivity index (χ3n) is 3.96. The Hall–Kier alpha value is -2.54. The van der Waals surface area contributed by atoms with Gasteiger partial charge >= 0.3 is 5.63 Å².